The summed E-state index contributed by atoms with van der Waals surface area (Å²) in [5, 5.41) is 12.3. The standard InChI is InChI=1S/C23H24ClN5OS/c1-4-12-31-23-27-22-25-15(3)19(21(30)26-18-11-6-5-8-14(18)2)20(29(22)28-23)16-9-7-10-17(24)13-16/h5-11,13,20H,4,12H2,1-3H3,(H,26,30)(H,25,27,28). The summed E-state index contributed by atoms with van der Waals surface area (Å²) in [6, 6.07) is 14.8. The number of nitrogens with zero attached hydrogens (tertiary/aromatic N) is 3. The minimum Gasteiger partial charge on any atom is -0.328 e. The van der Waals surface area contributed by atoms with Gasteiger partial charge in [-0.05, 0) is 49.6 Å². The number of hydrogen-bond acceptors (Lipinski definition) is 5. The number of anilines is 2. The number of carbonyl (C=O) groups excluding carboxylic acids is 1. The molecule has 1 unspecified atom stereocenters. The third kappa shape index (κ3) is 4.48. The van der Waals surface area contributed by atoms with Gasteiger partial charge in [-0.15, -0.1) is 5.10 Å². The van der Waals surface area contributed by atoms with Crippen LogP contribution in [0.5, 0.6) is 0 Å². The molecule has 31 heavy (non-hydrogen) atoms. The van der Waals surface area contributed by atoms with Gasteiger partial charge in [0, 0.05) is 22.2 Å². The van der Waals surface area contributed by atoms with E-state index in [9.17, 15) is 4.79 Å². The first-order valence-corrected chi connectivity index (χ1v) is 11.5. The molecule has 0 saturated heterocycles. The lowest BCUT2D eigenvalue weighted by atomic mass is 9.95. The summed E-state index contributed by atoms with van der Waals surface area (Å²) in [5.74, 6) is 1.36. The van der Waals surface area contributed by atoms with Crippen LogP contribution in [0, 0.1) is 6.92 Å². The van der Waals surface area contributed by atoms with Gasteiger partial charge in [-0.2, -0.15) is 4.98 Å². The van der Waals surface area contributed by atoms with Gasteiger partial charge in [0.25, 0.3) is 5.91 Å². The highest BCUT2D eigenvalue weighted by Crippen LogP contribution is 2.37. The number of thioether (sulfide) groups is 1. The van der Waals surface area contributed by atoms with E-state index in [-0.39, 0.29) is 5.91 Å². The van der Waals surface area contributed by atoms with Gasteiger partial charge < -0.3 is 10.6 Å². The van der Waals surface area contributed by atoms with Crippen molar-refractivity contribution >= 4 is 40.9 Å². The Kier molecular flexibility index (Phi) is 6.34. The molecule has 0 bridgehead atoms. The second-order valence-electron chi connectivity index (χ2n) is 7.40. The van der Waals surface area contributed by atoms with Crippen molar-refractivity contribution < 1.29 is 4.79 Å². The summed E-state index contributed by atoms with van der Waals surface area (Å²) in [4.78, 5) is 18.1. The van der Waals surface area contributed by atoms with Crippen LogP contribution in [-0.4, -0.2) is 26.4 Å². The summed E-state index contributed by atoms with van der Waals surface area (Å²) in [6.07, 6.45) is 1.03. The fourth-order valence-electron chi connectivity index (χ4n) is 3.57. The van der Waals surface area contributed by atoms with Crippen molar-refractivity contribution in [2.75, 3.05) is 16.4 Å². The van der Waals surface area contributed by atoms with Crippen LogP contribution in [0.1, 0.15) is 37.4 Å². The average Bonchev–Trinajstić information content (AvgIpc) is 3.15. The van der Waals surface area contributed by atoms with Crippen molar-refractivity contribution in [3.05, 3.63) is 76.0 Å². The van der Waals surface area contributed by atoms with E-state index in [0.29, 0.717) is 21.7 Å². The summed E-state index contributed by atoms with van der Waals surface area (Å²) in [6.45, 7) is 5.98. The van der Waals surface area contributed by atoms with Gasteiger partial charge in [0.15, 0.2) is 0 Å². The Balaban J connectivity index is 1.77. The minimum absolute atomic E-state index is 0.187. The molecule has 1 atom stereocenters. The molecule has 1 aromatic heterocycles. The summed E-state index contributed by atoms with van der Waals surface area (Å²) in [5.41, 5.74) is 3.97. The van der Waals surface area contributed by atoms with Crippen LogP contribution in [-0.2, 0) is 4.79 Å². The van der Waals surface area contributed by atoms with E-state index in [0.717, 1.165) is 34.7 Å². The number of aryl methyl sites for hydroxylation is 1. The van der Waals surface area contributed by atoms with Crippen molar-refractivity contribution in [3.63, 3.8) is 0 Å². The van der Waals surface area contributed by atoms with Crippen molar-refractivity contribution in [1.82, 2.24) is 14.8 Å². The molecule has 1 amide bonds. The minimum atomic E-state index is -0.442. The number of rotatable bonds is 6. The van der Waals surface area contributed by atoms with Gasteiger partial charge in [-0.1, -0.05) is 60.6 Å². The molecule has 2 heterocycles. The first-order valence-electron chi connectivity index (χ1n) is 10.2. The van der Waals surface area contributed by atoms with E-state index in [1.54, 1.807) is 16.4 Å². The topological polar surface area (TPSA) is 71.8 Å². The largest absolute Gasteiger partial charge is 0.328 e. The molecule has 1 aliphatic heterocycles. The van der Waals surface area contributed by atoms with E-state index >= 15 is 0 Å². The van der Waals surface area contributed by atoms with Gasteiger partial charge >= 0.3 is 0 Å². The molecule has 8 heteroatoms. The molecule has 0 saturated carbocycles. The molecule has 160 valence electrons. The Morgan fingerprint density at radius 1 is 1.23 bits per heavy atom. The molecular formula is C23H24ClN5OS. The molecule has 6 nitrogen and oxygen atoms in total. The third-order valence-electron chi connectivity index (χ3n) is 5.07. The van der Waals surface area contributed by atoms with Gasteiger partial charge in [0.1, 0.15) is 6.04 Å². The van der Waals surface area contributed by atoms with Crippen molar-refractivity contribution in [3.8, 4) is 0 Å². The van der Waals surface area contributed by atoms with E-state index in [1.165, 1.54) is 0 Å². The highest BCUT2D eigenvalue weighted by molar-refractivity contribution is 7.99. The van der Waals surface area contributed by atoms with Gasteiger partial charge in [0.2, 0.25) is 11.1 Å². The lowest BCUT2D eigenvalue weighted by Gasteiger charge is -2.29. The van der Waals surface area contributed by atoms with E-state index in [4.69, 9.17) is 16.7 Å². The zero-order chi connectivity index (χ0) is 22.0. The highest BCUT2D eigenvalue weighted by atomic mass is 35.5. The van der Waals surface area contributed by atoms with Gasteiger partial charge in [-0.3, -0.25) is 4.79 Å². The van der Waals surface area contributed by atoms with Gasteiger partial charge in [0.05, 0.1) is 5.57 Å². The predicted octanol–water partition coefficient (Wildman–Crippen LogP) is 5.67. The third-order valence-corrected chi connectivity index (χ3v) is 6.35. The van der Waals surface area contributed by atoms with Crippen LogP contribution in [0.2, 0.25) is 5.02 Å². The number of allylic oxidation sites excluding steroid dienone is 1. The number of halogens is 1. The van der Waals surface area contributed by atoms with Crippen molar-refractivity contribution in [1.29, 1.82) is 0 Å². The van der Waals surface area contributed by atoms with E-state index in [2.05, 4.69) is 22.5 Å². The molecule has 2 N–H and O–H groups in total. The van der Waals surface area contributed by atoms with Gasteiger partial charge in [-0.25, -0.2) is 4.68 Å². The highest BCUT2D eigenvalue weighted by Gasteiger charge is 2.34. The monoisotopic (exact) mass is 453 g/mol. The molecule has 0 radical (unpaired) electrons. The lowest BCUT2D eigenvalue weighted by molar-refractivity contribution is -0.113. The summed E-state index contributed by atoms with van der Waals surface area (Å²) >= 11 is 7.90. The SMILES string of the molecule is CCCSc1nc2n(n1)C(c1cccc(Cl)c1)C(C(=O)Nc1ccccc1C)=C(C)N2. The maximum Gasteiger partial charge on any atom is 0.255 e. The average molecular weight is 454 g/mol. The first-order chi connectivity index (χ1) is 15.0. The fraction of sp³-hybridized carbons (Fsp3) is 0.261. The molecule has 0 spiro atoms. The molecule has 0 fully saturated rings. The van der Waals surface area contributed by atoms with Crippen LogP contribution in [0.25, 0.3) is 0 Å². The number of amides is 1. The van der Waals surface area contributed by atoms with Crippen LogP contribution in [0.15, 0.2) is 65.0 Å². The Morgan fingerprint density at radius 2 is 2.03 bits per heavy atom. The number of para-hydroxylation sites is 1. The smallest absolute Gasteiger partial charge is 0.255 e. The Morgan fingerprint density at radius 3 is 2.77 bits per heavy atom. The van der Waals surface area contributed by atoms with E-state index < -0.39 is 6.04 Å². The number of hydrogen-bond donors (Lipinski definition) is 2. The Labute approximate surface area is 191 Å². The second-order valence-corrected chi connectivity index (χ2v) is 8.90. The Bertz CT molecular complexity index is 1160. The van der Waals surface area contributed by atoms with E-state index in [1.807, 2.05) is 62.4 Å². The number of fused-ring (bicyclic) bond motifs is 1. The van der Waals surface area contributed by atoms with Crippen LogP contribution in [0.4, 0.5) is 11.6 Å². The quantitative estimate of drug-likeness (QED) is 0.470. The second kappa shape index (κ2) is 9.16. The number of carbonyl (C=O) groups is 1. The normalized spacial score (nSPS) is 15.4. The molecule has 0 aliphatic carbocycles. The number of benzene rings is 2. The summed E-state index contributed by atoms with van der Waals surface area (Å²) < 4.78 is 1.78. The Hall–Kier alpha value is -2.77. The number of nitrogens with one attached hydrogen (secondary N) is 2. The van der Waals surface area contributed by atoms with Crippen LogP contribution >= 0.6 is 23.4 Å². The zero-order valence-corrected chi connectivity index (χ0v) is 19.2. The molecule has 2 aromatic carbocycles. The molecular weight excluding hydrogens is 430 g/mol. The van der Waals surface area contributed by atoms with Crippen LogP contribution < -0.4 is 10.6 Å². The first kappa shape index (κ1) is 21.5. The maximum atomic E-state index is 13.5. The summed E-state index contributed by atoms with van der Waals surface area (Å²) in [7, 11) is 0. The molecule has 3 aromatic rings. The van der Waals surface area contributed by atoms with Crippen molar-refractivity contribution in [2.45, 2.75) is 38.4 Å². The van der Waals surface area contributed by atoms with Crippen LogP contribution in [0.3, 0.4) is 0 Å². The zero-order valence-electron chi connectivity index (χ0n) is 17.6. The van der Waals surface area contributed by atoms with Crippen molar-refractivity contribution in [2.24, 2.45) is 0 Å². The molecule has 4 rings (SSSR count). The molecule has 1 aliphatic rings. The lowest BCUT2D eigenvalue weighted by Crippen LogP contribution is -2.31. The fourth-order valence-corrected chi connectivity index (χ4v) is 4.45. The predicted molar refractivity (Wildman–Crippen MR) is 127 cm³/mol. The number of aromatic nitrogens is 3. The maximum absolute atomic E-state index is 13.5.